The minimum atomic E-state index is -0.985. The lowest BCUT2D eigenvalue weighted by molar-refractivity contribution is -0.149. The average Bonchev–Trinajstić information content (AvgIpc) is 3.21. The van der Waals surface area contributed by atoms with Gasteiger partial charge in [0.2, 0.25) is 6.10 Å². The molecule has 1 unspecified atom stereocenters. The number of para-hydroxylation sites is 1. The highest BCUT2D eigenvalue weighted by atomic mass is 16.5. The third kappa shape index (κ3) is 3.95. The van der Waals surface area contributed by atoms with Crippen LogP contribution in [0.15, 0.2) is 73.0 Å². The van der Waals surface area contributed by atoms with E-state index in [-0.39, 0.29) is 23.2 Å². The number of ether oxygens (including phenoxy) is 2. The lowest BCUT2D eigenvalue weighted by Gasteiger charge is -2.13. The molecule has 0 aromatic heterocycles. The number of rotatable bonds is 6. The van der Waals surface area contributed by atoms with Gasteiger partial charge in [0.05, 0.1) is 5.92 Å². The molecule has 2 aromatic carbocycles. The first-order chi connectivity index (χ1) is 13.0. The van der Waals surface area contributed by atoms with Crippen molar-refractivity contribution in [3.8, 4) is 17.6 Å². The summed E-state index contributed by atoms with van der Waals surface area (Å²) in [6.45, 7) is 7.56. The van der Waals surface area contributed by atoms with Gasteiger partial charge in [-0.15, -0.1) is 5.73 Å². The summed E-state index contributed by atoms with van der Waals surface area (Å²) in [6.07, 6.45) is 0.809. The van der Waals surface area contributed by atoms with E-state index in [0.717, 1.165) is 0 Å². The van der Waals surface area contributed by atoms with E-state index in [2.05, 4.69) is 18.4 Å². The first kappa shape index (κ1) is 18.5. The maximum Gasteiger partial charge on any atom is 0.311 e. The molecule has 0 radical (unpaired) electrons. The highest BCUT2D eigenvalue weighted by Crippen LogP contribution is 2.59. The van der Waals surface area contributed by atoms with Crippen LogP contribution in [-0.2, 0) is 9.53 Å². The normalized spacial score (nSPS) is 20.5. The SMILES string of the molecule is C=C=C[C@H]1[C@@H](C(=O)OC(C#N)c2cccc(Oc3ccccc3)c2)C1(C)C. The second-order valence-electron chi connectivity index (χ2n) is 7.13. The molecular weight excluding hydrogens is 338 g/mol. The molecule has 4 heteroatoms. The van der Waals surface area contributed by atoms with Crippen LogP contribution >= 0.6 is 0 Å². The van der Waals surface area contributed by atoms with Crippen molar-refractivity contribution in [1.29, 1.82) is 5.26 Å². The molecule has 1 aliphatic carbocycles. The summed E-state index contributed by atoms with van der Waals surface area (Å²) in [5.74, 6) is 0.645. The van der Waals surface area contributed by atoms with Crippen LogP contribution in [0.1, 0.15) is 25.5 Å². The molecule has 0 N–H and O–H groups in total. The third-order valence-corrected chi connectivity index (χ3v) is 4.95. The molecule has 1 saturated carbocycles. The fourth-order valence-corrected chi connectivity index (χ4v) is 3.29. The van der Waals surface area contributed by atoms with Crippen LogP contribution in [0.3, 0.4) is 0 Å². The van der Waals surface area contributed by atoms with Gasteiger partial charge < -0.3 is 9.47 Å². The number of benzene rings is 2. The predicted octanol–water partition coefficient (Wildman–Crippen LogP) is 5.20. The van der Waals surface area contributed by atoms with Gasteiger partial charge in [-0.05, 0) is 35.8 Å². The van der Waals surface area contributed by atoms with Crippen molar-refractivity contribution in [3.63, 3.8) is 0 Å². The van der Waals surface area contributed by atoms with E-state index in [4.69, 9.17) is 9.47 Å². The number of carbonyl (C=O) groups is 1. The zero-order valence-corrected chi connectivity index (χ0v) is 15.4. The van der Waals surface area contributed by atoms with E-state index in [1.165, 1.54) is 0 Å². The van der Waals surface area contributed by atoms with E-state index >= 15 is 0 Å². The Labute approximate surface area is 159 Å². The fourth-order valence-electron chi connectivity index (χ4n) is 3.29. The number of nitriles is 1. The van der Waals surface area contributed by atoms with Crippen LogP contribution in [0, 0.1) is 28.6 Å². The van der Waals surface area contributed by atoms with E-state index in [1.807, 2.05) is 44.2 Å². The smallest absolute Gasteiger partial charge is 0.311 e. The minimum Gasteiger partial charge on any atom is -0.457 e. The molecule has 1 aliphatic rings. The Morgan fingerprint density at radius 3 is 2.56 bits per heavy atom. The zero-order chi connectivity index (χ0) is 19.4. The van der Waals surface area contributed by atoms with Gasteiger partial charge in [0.15, 0.2) is 0 Å². The Morgan fingerprint density at radius 1 is 1.19 bits per heavy atom. The number of nitrogens with zero attached hydrogens (tertiary/aromatic N) is 1. The number of hydrogen-bond acceptors (Lipinski definition) is 4. The molecule has 1 fully saturated rings. The number of esters is 1. The molecule has 3 atom stereocenters. The van der Waals surface area contributed by atoms with E-state index in [0.29, 0.717) is 17.1 Å². The molecule has 2 aromatic rings. The first-order valence-electron chi connectivity index (χ1n) is 8.76. The summed E-state index contributed by atoms with van der Waals surface area (Å²) < 4.78 is 11.3. The van der Waals surface area contributed by atoms with E-state index < -0.39 is 6.10 Å². The van der Waals surface area contributed by atoms with Gasteiger partial charge in [0.25, 0.3) is 0 Å². The van der Waals surface area contributed by atoms with Crippen LogP contribution in [-0.4, -0.2) is 5.97 Å². The molecule has 0 saturated heterocycles. The number of allylic oxidation sites excluding steroid dienone is 1. The summed E-state index contributed by atoms with van der Waals surface area (Å²) in [4.78, 5) is 12.6. The Bertz CT molecular complexity index is 920. The van der Waals surface area contributed by atoms with Crippen molar-refractivity contribution < 1.29 is 14.3 Å². The zero-order valence-electron chi connectivity index (χ0n) is 15.4. The summed E-state index contributed by atoms with van der Waals surface area (Å²) in [6, 6.07) is 18.4. The molecule has 0 spiro atoms. The summed E-state index contributed by atoms with van der Waals surface area (Å²) in [5, 5.41) is 9.51. The largest absolute Gasteiger partial charge is 0.457 e. The second kappa shape index (κ2) is 7.53. The van der Waals surface area contributed by atoms with Crippen molar-refractivity contribution in [2.24, 2.45) is 17.3 Å². The monoisotopic (exact) mass is 359 g/mol. The van der Waals surface area contributed by atoms with Crippen LogP contribution in [0.5, 0.6) is 11.5 Å². The maximum absolute atomic E-state index is 12.6. The second-order valence-corrected chi connectivity index (χ2v) is 7.13. The van der Waals surface area contributed by atoms with Gasteiger partial charge in [-0.1, -0.05) is 50.8 Å². The standard InChI is InChI=1S/C23H21NO3/c1-4-9-19-21(23(19,2)3)22(25)27-20(15-24)16-10-8-13-18(14-16)26-17-11-6-5-7-12-17/h5-14,19-21H,1H2,2-3H3/t19-,20?,21-/m0/s1. The van der Waals surface area contributed by atoms with Crippen LogP contribution in [0.2, 0.25) is 0 Å². The van der Waals surface area contributed by atoms with Crippen LogP contribution < -0.4 is 4.74 Å². The van der Waals surface area contributed by atoms with Crippen molar-refractivity contribution >= 4 is 5.97 Å². The van der Waals surface area contributed by atoms with Crippen molar-refractivity contribution in [1.82, 2.24) is 0 Å². The van der Waals surface area contributed by atoms with Gasteiger partial charge in [-0.3, -0.25) is 4.79 Å². The lowest BCUT2D eigenvalue weighted by atomic mass is 10.1. The van der Waals surface area contributed by atoms with Gasteiger partial charge >= 0.3 is 5.97 Å². The molecule has 4 nitrogen and oxygen atoms in total. The first-order valence-corrected chi connectivity index (χ1v) is 8.76. The van der Waals surface area contributed by atoms with Gasteiger partial charge in [0, 0.05) is 11.5 Å². The Morgan fingerprint density at radius 2 is 1.89 bits per heavy atom. The molecule has 136 valence electrons. The maximum atomic E-state index is 12.6. The topological polar surface area (TPSA) is 59.3 Å². The number of carbonyl (C=O) groups excluding carboxylic acids is 1. The Kier molecular flexibility index (Phi) is 5.16. The van der Waals surface area contributed by atoms with Crippen LogP contribution in [0.4, 0.5) is 0 Å². The molecule has 0 aliphatic heterocycles. The summed E-state index contributed by atoms with van der Waals surface area (Å²) in [7, 11) is 0. The molecule has 0 amide bonds. The van der Waals surface area contributed by atoms with E-state index in [1.54, 1.807) is 30.3 Å². The fraction of sp³-hybridized carbons (Fsp3) is 0.261. The van der Waals surface area contributed by atoms with Crippen LogP contribution in [0.25, 0.3) is 0 Å². The molecule has 0 heterocycles. The van der Waals surface area contributed by atoms with Gasteiger partial charge in [-0.2, -0.15) is 5.26 Å². The van der Waals surface area contributed by atoms with E-state index in [9.17, 15) is 10.1 Å². The van der Waals surface area contributed by atoms with Gasteiger partial charge in [0.1, 0.15) is 17.6 Å². The van der Waals surface area contributed by atoms with Gasteiger partial charge in [-0.25, -0.2) is 0 Å². The molecular formula is C23H21NO3. The molecule has 0 bridgehead atoms. The third-order valence-electron chi connectivity index (χ3n) is 4.95. The van der Waals surface area contributed by atoms with Crippen molar-refractivity contribution in [3.05, 3.63) is 78.5 Å². The highest BCUT2D eigenvalue weighted by molar-refractivity contribution is 5.78. The highest BCUT2D eigenvalue weighted by Gasteiger charge is 2.61. The van der Waals surface area contributed by atoms with Crippen molar-refractivity contribution in [2.75, 3.05) is 0 Å². The average molecular weight is 359 g/mol. The number of hydrogen-bond donors (Lipinski definition) is 0. The Hall–Kier alpha value is -3.28. The summed E-state index contributed by atoms with van der Waals surface area (Å²) >= 11 is 0. The predicted molar refractivity (Wildman–Crippen MR) is 102 cm³/mol. The lowest BCUT2D eigenvalue weighted by Crippen LogP contribution is -2.14. The molecule has 3 rings (SSSR count). The molecule has 27 heavy (non-hydrogen) atoms. The Balaban J connectivity index is 1.73. The minimum absolute atomic E-state index is 0.0367. The summed E-state index contributed by atoms with van der Waals surface area (Å²) in [5.41, 5.74) is 3.10. The quantitative estimate of drug-likeness (QED) is 0.525. The van der Waals surface area contributed by atoms with Crippen molar-refractivity contribution in [2.45, 2.75) is 20.0 Å².